The van der Waals surface area contributed by atoms with E-state index in [0.717, 1.165) is 36.3 Å². The fourth-order valence-electron chi connectivity index (χ4n) is 5.43. The van der Waals surface area contributed by atoms with Crippen molar-refractivity contribution in [1.29, 1.82) is 0 Å². The second kappa shape index (κ2) is 10.9. The van der Waals surface area contributed by atoms with Crippen molar-refractivity contribution in [1.82, 2.24) is 35.1 Å². The normalized spacial score (nSPS) is 16.0. The number of benzene rings is 1. The van der Waals surface area contributed by atoms with Crippen LogP contribution in [0.1, 0.15) is 51.8 Å². The predicted octanol–water partition coefficient (Wildman–Crippen LogP) is 4.39. The number of hydrogen-bond donors (Lipinski definition) is 3. The number of aromatic nitrogens is 5. The minimum atomic E-state index is -2.68. The van der Waals surface area contributed by atoms with Gasteiger partial charge in [0.25, 0.3) is 12.3 Å². The van der Waals surface area contributed by atoms with Crippen molar-refractivity contribution in [2.75, 3.05) is 18.8 Å². The molecule has 0 radical (unpaired) electrons. The summed E-state index contributed by atoms with van der Waals surface area (Å²) in [5, 5.41) is 6.25. The van der Waals surface area contributed by atoms with Crippen LogP contribution < -0.4 is 16.4 Å². The Bertz CT molecular complexity index is 1920. The first-order chi connectivity index (χ1) is 20.9. The van der Waals surface area contributed by atoms with Crippen LogP contribution in [0.5, 0.6) is 0 Å². The molecule has 2 aliphatic rings. The van der Waals surface area contributed by atoms with E-state index in [1.807, 2.05) is 41.0 Å². The number of fused-ring (bicyclic) bond motifs is 2. The molecule has 1 aromatic carbocycles. The Morgan fingerprint density at radius 2 is 1.98 bits per heavy atom. The molecule has 1 amide bonds. The number of amides is 1. The molecule has 43 heavy (non-hydrogen) atoms. The van der Waals surface area contributed by atoms with Crippen LogP contribution in [0.15, 0.2) is 67.0 Å². The average Bonchev–Trinajstić information content (AvgIpc) is 3.57. The van der Waals surface area contributed by atoms with Crippen LogP contribution in [-0.4, -0.2) is 43.5 Å². The van der Waals surface area contributed by atoms with Crippen LogP contribution in [-0.2, 0) is 6.42 Å². The molecule has 0 unspecified atom stereocenters. The Balaban J connectivity index is 1.24. The van der Waals surface area contributed by atoms with Crippen molar-refractivity contribution in [2.24, 2.45) is 5.92 Å². The fraction of sp³-hybridized carbons (Fsp3) is 0.219. The van der Waals surface area contributed by atoms with Crippen LogP contribution in [0.4, 0.5) is 14.6 Å². The van der Waals surface area contributed by atoms with Crippen molar-refractivity contribution in [3.8, 4) is 28.9 Å². The second-order valence-corrected chi connectivity index (χ2v) is 10.6. The zero-order valence-corrected chi connectivity index (χ0v) is 22.9. The number of alkyl halides is 2. The number of anilines is 1. The van der Waals surface area contributed by atoms with Crippen LogP contribution in [0, 0.1) is 17.8 Å². The molecule has 5 aromatic rings. The number of pyridine rings is 3. The molecular formula is C32H26F2N8O. The molecule has 9 nitrogen and oxygen atoms in total. The number of hydrogen-bond acceptors (Lipinski definition) is 7. The number of halogens is 2. The third kappa shape index (κ3) is 5.06. The maximum absolute atomic E-state index is 12.9. The highest BCUT2D eigenvalue weighted by Crippen LogP contribution is 2.36. The van der Waals surface area contributed by atoms with E-state index in [9.17, 15) is 13.6 Å². The van der Waals surface area contributed by atoms with E-state index >= 15 is 0 Å². The third-order valence-electron chi connectivity index (χ3n) is 7.81. The van der Waals surface area contributed by atoms with Gasteiger partial charge in [0.05, 0.1) is 17.2 Å². The van der Waals surface area contributed by atoms with Gasteiger partial charge in [0.2, 0.25) is 0 Å². The highest BCUT2D eigenvalue weighted by molar-refractivity contribution is 5.94. The second-order valence-electron chi connectivity index (χ2n) is 10.6. The quantitative estimate of drug-likeness (QED) is 0.265. The minimum Gasteiger partial charge on any atom is -0.383 e. The number of rotatable bonds is 5. The molecule has 214 valence electrons. The lowest BCUT2D eigenvalue weighted by molar-refractivity contribution is 0.0935. The number of nitrogens with one attached hydrogen (secondary N) is 2. The van der Waals surface area contributed by atoms with E-state index < -0.39 is 6.43 Å². The van der Waals surface area contributed by atoms with E-state index in [1.165, 1.54) is 18.3 Å². The predicted molar refractivity (Wildman–Crippen MR) is 157 cm³/mol. The lowest BCUT2D eigenvalue weighted by Gasteiger charge is -2.21. The molecule has 0 saturated carbocycles. The Morgan fingerprint density at radius 1 is 1.09 bits per heavy atom. The molecule has 1 atom stereocenters. The summed E-state index contributed by atoms with van der Waals surface area (Å²) >= 11 is 0. The Hall–Kier alpha value is -5.21. The van der Waals surface area contributed by atoms with Crippen molar-refractivity contribution in [3.05, 3.63) is 95.1 Å². The summed E-state index contributed by atoms with van der Waals surface area (Å²) in [6, 6.07) is 15.9. The number of nitrogen functional groups attached to an aromatic ring is 1. The molecular weight excluding hydrogens is 550 g/mol. The lowest BCUT2D eigenvalue weighted by Crippen LogP contribution is -2.40. The number of nitrogens with zero attached hydrogens (tertiary/aromatic N) is 5. The van der Waals surface area contributed by atoms with Gasteiger partial charge in [-0.15, -0.1) is 0 Å². The lowest BCUT2D eigenvalue weighted by atomic mass is 10.0. The van der Waals surface area contributed by atoms with E-state index in [1.54, 1.807) is 6.20 Å². The molecule has 5 heterocycles. The highest BCUT2D eigenvalue weighted by atomic mass is 19.3. The monoisotopic (exact) mass is 576 g/mol. The standard InChI is InChI=1S/C32H26F2N8O/c33-28(34)26-11-5-20(17-38-26)32(43)41-25-10-4-19-14-22(8-9-23(19)25)42-30(24-2-1-13-37-29(24)35)40-27-12-7-21(39-31(27)42)6-3-18-15-36-16-18/h1-2,5,7-9,11-14,17-18,25,28,36H,4,10,15-16H2,(H2,35,37)(H,41,43)/t25-/m0/s1. The summed E-state index contributed by atoms with van der Waals surface area (Å²) < 4.78 is 27.7. The summed E-state index contributed by atoms with van der Waals surface area (Å²) in [5.41, 5.74) is 11.8. The molecule has 1 fully saturated rings. The van der Waals surface area contributed by atoms with Gasteiger partial charge in [-0.2, -0.15) is 0 Å². The largest absolute Gasteiger partial charge is 0.383 e. The van der Waals surface area contributed by atoms with Crippen molar-refractivity contribution >= 4 is 22.9 Å². The molecule has 4 aromatic heterocycles. The SMILES string of the molecule is Nc1ncccc1-c1nc2ccc(C#CC3CNC3)nc2n1-c1ccc2c(c1)CC[C@@H]2NC(=O)c1ccc(C(F)F)nc1. The summed E-state index contributed by atoms with van der Waals surface area (Å²) in [6.07, 6.45) is 1.58. The highest BCUT2D eigenvalue weighted by Gasteiger charge is 2.26. The number of nitrogens with two attached hydrogens (primary N) is 1. The molecule has 0 spiro atoms. The van der Waals surface area contributed by atoms with Gasteiger partial charge in [-0.05, 0) is 78.4 Å². The molecule has 4 N–H and O–H groups in total. The van der Waals surface area contributed by atoms with Crippen LogP contribution in [0.2, 0.25) is 0 Å². The average molecular weight is 577 g/mol. The number of carbonyl (C=O) groups is 1. The topological polar surface area (TPSA) is 124 Å². The molecule has 7 rings (SSSR count). The third-order valence-corrected chi connectivity index (χ3v) is 7.81. The zero-order valence-electron chi connectivity index (χ0n) is 22.9. The van der Waals surface area contributed by atoms with Crippen LogP contribution in [0.3, 0.4) is 0 Å². The van der Waals surface area contributed by atoms with E-state index in [-0.39, 0.29) is 23.2 Å². The Morgan fingerprint density at radius 3 is 2.72 bits per heavy atom. The van der Waals surface area contributed by atoms with Crippen molar-refractivity contribution < 1.29 is 13.6 Å². The van der Waals surface area contributed by atoms with Gasteiger partial charge in [0, 0.05) is 37.1 Å². The number of imidazole rings is 1. The van der Waals surface area contributed by atoms with Gasteiger partial charge in [0.15, 0.2) is 11.5 Å². The molecule has 0 bridgehead atoms. The maximum Gasteiger partial charge on any atom is 0.280 e. The van der Waals surface area contributed by atoms with E-state index in [0.29, 0.717) is 46.4 Å². The molecule has 1 saturated heterocycles. The van der Waals surface area contributed by atoms with Gasteiger partial charge in [0.1, 0.15) is 22.7 Å². The first-order valence-corrected chi connectivity index (χ1v) is 14.0. The van der Waals surface area contributed by atoms with E-state index in [2.05, 4.69) is 38.5 Å². The van der Waals surface area contributed by atoms with Crippen molar-refractivity contribution in [3.63, 3.8) is 0 Å². The maximum atomic E-state index is 12.9. The summed E-state index contributed by atoms with van der Waals surface area (Å²) in [4.78, 5) is 30.6. The van der Waals surface area contributed by atoms with Gasteiger partial charge in [-0.25, -0.2) is 23.7 Å². The van der Waals surface area contributed by atoms with Crippen molar-refractivity contribution in [2.45, 2.75) is 25.3 Å². The minimum absolute atomic E-state index is 0.222. The first kappa shape index (κ1) is 26.7. The Kier molecular flexibility index (Phi) is 6.75. The summed E-state index contributed by atoms with van der Waals surface area (Å²) in [7, 11) is 0. The van der Waals surface area contributed by atoms with Crippen LogP contribution >= 0.6 is 0 Å². The molecule has 1 aliphatic heterocycles. The molecule has 11 heteroatoms. The molecule has 1 aliphatic carbocycles. The first-order valence-electron chi connectivity index (χ1n) is 14.0. The zero-order chi connectivity index (χ0) is 29.5. The van der Waals surface area contributed by atoms with Gasteiger partial charge >= 0.3 is 0 Å². The van der Waals surface area contributed by atoms with Crippen LogP contribution in [0.25, 0.3) is 28.2 Å². The van der Waals surface area contributed by atoms with E-state index in [4.69, 9.17) is 15.7 Å². The Labute approximate surface area is 245 Å². The number of carbonyl (C=O) groups excluding carboxylic acids is 1. The van der Waals surface area contributed by atoms with Gasteiger partial charge in [-0.1, -0.05) is 12.0 Å². The summed E-state index contributed by atoms with van der Waals surface area (Å²) in [6.45, 7) is 1.77. The smallest absolute Gasteiger partial charge is 0.280 e. The summed E-state index contributed by atoms with van der Waals surface area (Å²) in [5.74, 6) is 7.42. The van der Waals surface area contributed by atoms with Gasteiger partial charge < -0.3 is 16.4 Å². The van der Waals surface area contributed by atoms with Gasteiger partial charge in [-0.3, -0.25) is 14.3 Å². The fourth-order valence-corrected chi connectivity index (χ4v) is 5.43. The number of aryl methyl sites for hydroxylation is 1.